The molecule has 0 aliphatic carbocycles. The van der Waals surface area contributed by atoms with Crippen LogP contribution in [0.5, 0.6) is 0 Å². The van der Waals surface area contributed by atoms with Crippen LogP contribution in [0.1, 0.15) is 32.8 Å². The van der Waals surface area contributed by atoms with Crippen LogP contribution in [0.15, 0.2) is 77.7 Å². The zero-order chi connectivity index (χ0) is 29.4. The number of nitrogens with one attached hydrogen (secondary N) is 1. The summed E-state index contributed by atoms with van der Waals surface area (Å²) in [5.41, 5.74) is 0.782. The second-order valence-electron chi connectivity index (χ2n) is 9.62. The molecule has 0 heterocycles. The van der Waals surface area contributed by atoms with Gasteiger partial charge in [-0.25, -0.2) is 12.8 Å². The van der Waals surface area contributed by atoms with Crippen molar-refractivity contribution >= 4 is 50.7 Å². The van der Waals surface area contributed by atoms with Crippen LogP contribution in [0.3, 0.4) is 0 Å². The Kier molecular flexibility index (Phi) is 11.0. The zero-order valence-corrected chi connectivity index (χ0v) is 24.8. The second-order valence-corrected chi connectivity index (χ2v) is 12.3. The van der Waals surface area contributed by atoms with Crippen LogP contribution in [0, 0.1) is 11.7 Å². The van der Waals surface area contributed by atoms with Gasteiger partial charge < -0.3 is 10.2 Å². The molecule has 11 heteroatoms. The maximum Gasteiger partial charge on any atom is 0.264 e. The molecule has 7 nitrogen and oxygen atoms in total. The third kappa shape index (κ3) is 7.96. The molecule has 3 aromatic rings. The molecule has 40 heavy (non-hydrogen) atoms. The molecule has 3 rings (SSSR count). The van der Waals surface area contributed by atoms with Crippen molar-refractivity contribution < 1.29 is 22.4 Å². The third-order valence-corrected chi connectivity index (χ3v) is 8.53. The third-order valence-electron chi connectivity index (χ3n) is 6.15. The SMILES string of the molecule is CC[C@H](C(=O)NCC(C)C)N(Cc1ccc(Cl)cc1Cl)C(=O)CN(c1ccccc1)S(=O)(=O)c1ccc(F)cc1. The summed E-state index contributed by atoms with van der Waals surface area (Å²) in [6.07, 6.45) is 0.275. The van der Waals surface area contributed by atoms with Crippen molar-refractivity contribution in [3.63, 3.8) is 0 Å². The van der Waals surface area contributed by atoms with Crippen molar-refractivity contribution in [1.29, 1.82) is 0 Å². The Labute approximate surface area is 244 Å². The van der Waals surface area contributed by atoms with Crippen LogP contribution in [-0.4, -0.2) is 44.3 Å². The summed E-state index contributed by atoms with van der Waals surface area (Å²) in [6.45, 7) is 5.43. The molecular formula is C29H32Cl2FN3O4S. The number of sulfonamides is 1. The van der Waals surface area contributed by atoms with Gasteiger partial charge in [0.2, 0.25) is 11.8 Å². The Balaban J connectivity index is 2.04. The van der Waals surface area contributed by atoms with E-state index in [4.69, 9.17) is 23.2 Å². The van der Waals surface area contributed by atoms with Crippen molar-refractivity contribution in [2.45, 2.75) is 44.7 Å². The maximum absolute atomic E-state index is 14.0. The first-order valence-electron chi connectivity index (χ1n) is 12.8. The van der Waals surface area contributed by atoms with Crippen molar-refractivity contribution in [3.05, 3.63) is 94.2 Å². The van der Waals surface area contributed by atoms with Crippen LogP contribution in [0.4, 0.5) is 10.1 Å². The first-order valence-corrected chi connectivity index (χ1v) is 15.0. The molecule has 1 atom stereocenters. The molecule has 0 aromatic heterocycles. The van der Waals surface area contributed by atoms with E-state index in [2.05, 4.69) is 5.32 Å². The molecule has 0 saturated heterocycles. The second kappa shape index (κ2) is 14.0. The molecule has 0 unspecified atom stereocenters. The molecule has 214 valence electrons. The van der Waals surface area contributed by atoms with Crippen LogP contribution in [0.25, 0.3) is 0 Å². The fraction of sp³-hybridized carbons (Fsp3) is 0.310. The molecule has 0 saturated carbocycles. The fourth-order valence-corrected chi connectivity index (χ4v) is 5.91. The molecule has 3 aromatic carbocycles. The van der Waals surface area contributed by atoms with Gasteiger partial charge >= 0.3 is 0 Å². The first kappa shape index (κ1) is 31.4. The van der Waals surface area contributed by atoms with Crippen molar-refractivity contribution in [1.82, 2.24) is 10.2 Å². The molecule has 0 bridgehead atoms. The van der Waals surface area contributed by atoms with Gasteiger partial charge in [0.15, 0.2) is 0 Å². The van der Waals surface area contributed by atoms with E-state index < -0.39 is 34.3 Å². The molecule has 0 fully saturated rings. The van der Waals surface area contributed by atoms with Gasteiger partial charge in [-0.2, -0.15) is 0 Å². The number of benzene rings is 3. The van der Waals surface area contributed by atoms with Gasteiger partial charge in [-0.1, -0.05) is 68.2 Å². The van der Waals surface area contributed by atoms with Gasteiger partial charge in [0.25, 0.3) is 10.0 Å². The molecular weight excluding hydrogens is 576 g/mol. The average molecular weight is 609 g/mol. The quantitative estimate of drug-likeness (QED) is 0.277. The molecule has 2 amide bonds. The minimum atomic E-state index is -4.29. The van der Waals surface area contributed by atoms with Crippen LogP contribution in [-0.2, 0) is 26.2 Å². The van der Waals surface area contributed by atoms with E-state index in [-0.39, 0.29) is 35.4 Å². The summed E-state index contributed by atoms with van der Waals surface area (Å²) >= 11 is 12.5. The standard InChI is InChI=1S/C29H32Cl2FN3O4S/c1-4-27(29(37)33-17-20(2)3)34(18-21-10-11-22(30)16-26(21)31)28(36)19-35(24-8-6-5-7-9-24)40(38,39)25-14-12-23(32)13-15-25/h5-16,20,27H,4,17-19H2,1-3H3,(H,33,37)/t27-/m1/s1. The van der Waals surface area contributed by atoms with E-state index in [0.29, 0.717) is 22.2 Å². The summed E-state index contributed by atoms with van der Waals surface area (Å²) in [4.78, 5) is 28.4. The normalized spacial score (nSPS) is 12.2. The van der Waals surface area contributed by atoms with Gasteiger partial charge in [-0.05, 0) is 66.4 Å². The van der Waals surface area contributed by atoms with Gasteiger partial charge in [0.05, 0.1) is 10.6 Å². The Morgan fingerprint density at radius 1 is 0.975 bits per heavy atom. The number of hydrogen-bond donors (Lipinski definition) is 1. The first-order chi connectivity index (χ1) is 18.9. The molecule has 0 spiro atoms. The van der Waals surface area contributed by atoms with Crippen LogP contribution in [0.2, 0.25) is 10.0 Å². The summed E-state index contributed by atoms with van der Waals surface area (Å²) in [5.74, 6) is -1.38. The highest BCUT2D eigenvalue weighted by atomic mass is 35.5. The Morgan fingerprint density at radius 3 is 2.20 bits per heavy atom. The fourth-order valence-electron chi connectivity index (χ4n) is 4.03. The summed E-state index contributed by atoms with van der Waals surface area (Å²) in [5, 5.41) is 3.59. The smallest absolute Gasteiger partial charge is 0.264 e. The van der Waals surface area contributed by atoms with E-state index >= 15 is 0 Å². The highest BCUT2D eigenvalue weighted by molar-refractivity contribution is 7.92. The van der Waals surface area contributed by atoms with Crippen LogP contribution >= 0.6 is 23.2 Å². The monoisotopic (exact) mass is 607 g/mol. The number of rotatable bonds is 12. The van der Waals surface area contributed by atoms with Crippen molar-refractivity contribution in [2.75, 3.05) is 17.4 Å². The van der Waals surface area contributed by atoms with E-state index in [9.17, 15) is 22.4 Å². The average Bonchev–Trinajstić information content (AvgIpc) is 2.92. The highest BCUT2D eigenvalue weighted by Crippen LogP contribution is 2.27. The van der Waals surface area contributed by atoms with E-state index in [1.165, 1.54) is 11.0 Å². The summed E-state index contributed by atoms with van der Waals surface area (Å²) < 4.78 is 42.0. The number of hydrogen-bond acceptors (Lipinski definition) is 4. The molecule has 1 N–H and O–H groups in total. The van der Waals surface area contributed by atoms with Crippen molar-refractivity contribution in [2.24, 2.45) is 5.92 Å². The number of halogens is 3. The minimum absolute atomic E-state index is 0.0539. The van der Waals surface area contributed by atoms with Crippen molar-refractivity contribution in [3.8, 4) is 0 Å². The van der Waals surface area contributed by atoms with E-state index in [0.717, 1.165) is 28.6 Å². The molecule has 0 aliphatic heterocycles. The van der Waals surface area contributed by atoms with Gasteiger partial charge in [-0.15, -0.1) is 0 Å². The van der Waals surface area contributed by atoms with Gasteiger partial charge in [0.1, 0.15) is 18.4 Å². The number of carbonyl (C=O) groups is 2. The Bertz CT molecular complexity index is 1420. The number of amides is 2. The topological polar surface area (TPSA) is 86.8 Å². The van der Waals surface area contributed by atoms with Gasteiger partial charge in [-0.3, -0.25) is 13.9 Å². The highest BCUT2D eigenvalue weighted by Gasteiger charge is 2.34. The van der Waals surface area contributed by atoms with E-state index in [1.807, 2.05) is 13.8 Å². The Hall–Kier alpha value is -3.14. The number of carbonyl (C=O) groups excluding carboxylic acids is 2. The number of para-hydroxylation sites is 1. The minimum Gasteiger partial charge on any atom is -0.354 e. The molecule has 0 aliphatic rings. The van der Waals surface area contributed by atoms with Crippen LogP contribution < -0.4 is 9.62 Å². The lowest BCUT2D eigenvalue weighted by Crippen LogP contribution is -2.52. The lowest BCUT2D eigenvalue weighted by Gasteiger charge is -2.33. The lowest BCUT2D eigenvalue weighted by molar-refractivity contribution is -0.140. The summed E-state index contributed by atoms with van der Waals surface area (Å²) in [6, 6.07) is 16.4. The van der Waals surface area contributed by atoms with E-state index in [1.54, 1.807) is 49.4 Å². The largest absolute Gasteiger partial charge is 0.354 e. The number of anilines is 1. The predicted molar refractivity (Wildman–Crippen MR) is 156 cm³/mol. The van der Waals surface area contributed by atoms with Gasteiger partial charge in [0, 0.05) is 23.1 Å². The zero-order valence-electron chi connectivity index (χ0n) is 22.5. The maximum atomic E-state index is 14.0. The predicted octanol–water partition coefficient (Wildman–Crippen LogP) is 5.91. The number of nitrogens with zero attached hydrogens (tertiary/aromatic N) is 2. The summed E-state index contributed by atoms with van der Waals surface area (Å²) in [7, 11) is -4.29. The Morgan fingerprint density at radius 2 is 1.62 bits per heavy atom. The molecule has 0 radical (unpaired) electrons. The lowest BCUT2D eigenvalue weighted by atomic mass is 10.1.